The maximum atomic E-state index is 13.5. The molecule has 0 aliphatic heterocycles. The monoisotopic (exact) mass is 289 g/mol. The molecule has 0 saturated heterocycles. The molecule has 1 rings (SSSR count). The molecule has 0 aliphatic rings. The Bertz CT molecular complexity index is 503. The van der Waals surface area contributed by atoms with E-state index in [4.69, 9.17) is 4.74 Å². The number of ether oxygens (including phenoxy) is 1. The molecule has 0 aliphatic carbocycles. The van der Waals surface area contributed by atoms with Crippen molar-refractivity contribution in [2.24, 2.45) is 0 Å². The molecule has 0 aromatic heterocycles. The van der Waals surface area contributed by atoms with Gasteiger partial charge in [-0.3, -0.25) is 0 Å². The Hall–Kier alpha value is -1.14. The maximum absolute atomic E-state index is 13.5. The Morgan fingerprint density at radius 3 is 2.58 bits per heavy atom. The second-order valence-electron chi connectivity index (χ2n) is 4.25. The Morgan fingerprint density at radius 1 is 1.26 bits per heavy atom. The summed E-state index contributed by atoms with van der Waals surface area (Å²) >= 11 is 0. The Morgan fingerprint density at radius 2 is 2.00 bits per heavy atom. The Labute approximate surface area is 114 Å². The van der Waals surface area contributed by atoms with Gasteiger partial charge in [0, 0.05) is 6.54 Å². The van der Waals surface area contributed by atoms with Gasteiger partial charge in [0.2, 0.25) is 10.0 Å². The fourth-order valence-electron chi connectivity index (χ4n) is 1.66. The van der Waals surface area contributed by atoms with Crippen LogP contribution in [-0.2, 0) is 10.0 Å². The zero-order chi connectivity index (χ0) is 14.3. The summed E-state index contributed by atoms with van der Waals surface area (Å²) in [6.07, 6.45) is 3.94. The van der Waals surface area contributed by atoms with Gasteiger partial charge in [0.05, 0.1) is 12.0 Å². The van der Waals surface area contributed by atoms with Crippen LogP contribution in [0.1, 0.15) is 32.6 Å². The van der Waals surface area contributed by atoms with Crippen LogP contribution in [0, 0.1) is 5.82 Å². The van der Waals surface area contributed by atoms with Gasteiger partial charge >= 0.3 is 0 Å². The van der Waals surface area contributed by atoms with Crippen molar-refractivity contribution in [2.75, 3.05) is 13.7 Å². The second-order valence-corrected chi connectivity index (χ2v) is 6.02. The zero-order valence-electron chi connectivity index (χ0n) is 11.3. The minimum absolute atomic E-state index is 0.0295. The minimum Gasteiger partial charge on any atom is -0.494 e. The number of methoxy groups -OCH3 is 1. The zero-order valence-corrected chi connectivity index (χ0v) is 12.1. The first kappa shape index (κ1) is 15.9. The van der Waals surface area contributed by atoms with E-state index >= 15 is 0 Å². The van der Waals surface area contributed by atoms with Gasteiger partial charge in [0.1, 0.15) is 0 Å². The van der Waals surface area contributed by atoms with E-state index < -0.39 is 15.8 Å². The number of rotatable bonds is 8. The molecule has 0 saturated carbocycles. The third-order valence-corrected chi connectivity index (χ3v) is 4.21. The first-order valence-corrected chi connectivity index (χ1v) is 7.82. The molecule has 1 N–H and O–H groups in total. The fourth-order valence-corrected chi connectivity index (χ4v) is 2.74. The third-order valence-electron chi connectivity index (χ3n) is 2.76. The highest BCUT2D eigenvalue weighted by Gasteiger charge is 2.15. The molecule has 0 spiro atoms. The van der Waals surface area contributed by atoms with Crippen molar-refractivity contribution < 1.29 is 17.5 Å². The van der Waals surface area contributed by atoms with Crippen LogP contribution in [0.15, 0.2) is 23.1 Å². The molecule has 0 amide bonds. The molecule has 1 aromatic carbocycles. The lowest BCUT2D eigenvalue weighted by Crippen LogP contribution is -2.24. The normalized spacial score (nSPS) is 11.5. The van der Waals surface area contributed by atoms with Crippen LogP contribution >= 0.6 is 0 Å². The molecule has 1 aromatic rings. The van der Waals surface area contributed by atoms with E-state index in [9.17, 15) is 12.8 Å². The number of unbranched alkanes of at least 4 members (excludes halogenated alkanes) is 3. The molecule has 19 heavy (non-hydrogen) atoms. The van der Waals surface area contributed by atoms with E-state index in [1.807, 2.05) is 0 Å². The summed E-state index contributed by atoms with van der Waals surface area (Å²) in [7, 11) is -2.31. The van der Waals surface area contributed by atoms with E-state index in [0.717, 1.165) is 31.7 Å². The predicted octanol–water partition coefficient (Wildman–Crippen LogP) is 2.69. The summed E-state index contributed by atoms with van der Waals surface area (Å²) in [6.45, 7) is 2.46. The summed E-state index contributed by atoms with van der Waals surface area (Å²) in [5.74, 6) is -0.654. The van der Waals surface area contributed by atoms with Crippen molar-refractivity contribution in [3.63, 3.8) is 0 Å². The lowest BCUT2D eigenvalue weighted by atomic mass is 10.2. The number of nitrogens with one attached hydrogen (secondary N) is 1. The highest BCUT2D eigenvalue weighted by molar-refractivity contribution is 7.89. The second kappa shape index (κ2) is 7.45. The lowest BCUT2D eigenvalue weighted by Gasteiger charge is -2.08. The van der Waals surface area contributed by atoms with Gasteiger partial charge in [-0.1, -0.05) is 26.2 Å². The Balaban J connectivity index is 2.64. The molecular formula is C13H20FNO3S. The number of hydrogen-bond acceptors (Lipinski definition) is 3. The standard InChI is InChI=1S/C13H20FNO3S/c1-3-4-5-6-9-15-19(16,17)11-7-8-13(18-2)12(14)10-11/h7-8,10,15H,3-6,9H2,1-2H3. The average Bonchev–Trinajstić information content (AvgIpc) is 2.38. The van der Waals surface area contributed by atoms with Crippen molar-refractivity contribution in [3.05, 3.63) is 24.0 Å². The van der Waals surface area contributed by atoms with E-state index in [1.54, 1.807) is 0 Å². The third kappa shape index (κ3) is 4.80. The molecule has 0 radical (unpaired) electrons. The summed E-state index contributed by atoms with van der Waals surface area (Å²) in [6, 6.07) is 3.60. The van der Waals surface area contributed by atoms with Crippen LogP contribution in [0.4, 0.5) is 4.39 Å². The lowest BCUT2D eigenvalue weighted by molar-refractivity contribution is 0.385. The van der Waals surface area contributed by atoms with Crippen LogP contribution in [0.5, 0.6) is 5.75 Å². The predicted molar refractivity (Wildman–Crippen MR) is 72.3 cm³/mol. The topological polar surface area (TPSA) is 55.4 Å². The van der Waals surface area contributed by atoms with Crippen molar-refractivity contribution in [3.8, 4) is 5.75 Å². The SMILES string of the molecule is CCCCCCNS(=O)(=O)c1ccc(OC)c(F)c1. The average molecular weight is 289 g/mol. The van der Waals surface area contributed by atoms with Crippen molar-refractivity contribution in [1.82, 2.24) is 4.72 Å². The summed E-state index contributed by atoms with van der Waals surface area (Å²) in [5, 5.41) is 0. The number of sulfonamides is 1. The van der Waals surface area contributed by atoms with Gasteiger partial charge in [-0.25, -0.2) is 17.5 Å². The quantitative estimate of drug-likeness (QED) is 0.749. The van der Waals surface area contributed by atoms with Crippen LogP contribution in [-0.4, -0.2) is 22.1 Å². The van der Waals surface area contributed by atoms with E-state index in [-0.39, 0.29) is 10.6 Å². The molecular weight excluding hydrogens is 269 g/mol. The number of hydrogen-bond donors (Lipinski definition) is 1. The molecule has 0 fully saturated rings. The van der Waals surface area contributed by atoms with Crippen molar-refractivity contribution in [2.45, 2.75) is 37.5 Å². The van der Waals surface area contributed by atoms with E-state index in [1.165, 1.54) is 19.2 Å². The summed E-state index contributed by atoms with van der Waals surface area (Å²) in [4.78, 5) is -0.0821. The smallest absolute Gasteiger partial charge is 0.240 e. The molecule has 0 heterocycles. The molecule has 0 bridgehead atoms. The summed E-state index contributed by atoms with van der Waals surface area (Å²) in [5.41, 5.74) is 0. The minimum atomic E-state index is -3.64. The number of benzene rings is 1. The van der Waals surface area contributed by atoms with Gasteiger partial charge in [-0.2, -0.15) is 0 Å². The maximum Gasteiger partial charge on any atom is 0.240 e. The van der Waals surface area contributed by atoms with Gasteiger partial charge in [-0.15, -0.1) is 0 Å². The van der Waals surface area contributed by atoms with Gasteiger partial charge in [0.15, 0.2) is 11.6 Å². The van der Waals surface area contributed by atoms with E-state index in [2.05, 4.69) is 11.6 Å². The first-order chi connectivity index (χ1) is 9.01. The van der Waals surface area contributed by atoms with Crippen molar-refractivity contribution >= 4 is 10.0 Å². The van der Waals surface area contributed by atoms with Gasteiger partial charge in [-0.05, 0) is 24.6 Å². The van der Waals surface area contributed by atoms with Crippen molar-refractivity contribution in [1.29, 1.82) is 0 Å². The molecule has 0 unspecified atom stereocenters. The van der Waals surface area contributed by atoms with Crippen LogP contribution in [0.2, 0.25) is 0 Å². The molecule has 6 heteroatoms. The highest BCUT2D eigenvalue weighted by atomic mass is 32.2. The first-order valence-electron chi connectivity index (χ1n) is 6.34. The molecule has 108 valence electrons. The molecule has 0 atom stereocenters. The largest absolute Gasteiger partial charge is 0.494 e. The summed E-state index contributed by atoms with van der Waals surface area (Å²) < 4.78 is 44.5. The fraction of sp³-hybridized carbons (Fsp3) is 0.538. The van der Waals surface area contributed by atoms with Crippen LogP contribution in [0.25, 0.3) is 0 Å². The highest BCUT2D eigenvalue weighted by Crippen LogP contribution is 2.20. The Kier molecular flexibility index (Phi) is 6.24. The number of halogens is 1. The molecule has 4 nitrogen and oxygen atoms in total. The van der Waals surface area contributed by atoms with Crippen LogP contribution < -0.4 is 9.46 Å². The van der Waals surface area contributed by atoms with Gasteiger partial charge in [0.25, 0.3) is 0 Å². The van der Waals surface area contributed by atoms with E-state index in [0.29, 0.717) is 6.54 Å². The van der Waals surface area contributed by atoms with Gasteiger partial charge < -0.3 is 4.74 Å². The van der Waals surface area contributed by atoms with Crippen LogP contribution in [0.3, 0.4) is 0 Å².